The number of benzene rings is 1. The maximum Gasteiger partial charge on any atom is 0.326 e. The van der Waals surface area contributed by atoms with Gasteiger partial charge in [-0.15, -0.1) is 0 Å². The predicted molar refractivity (Wildman–Crippen MR) is 71.2 cm³/mol. The second-order valence-corrected chi connectivity index (χ2v) is 6.20. The quantitative estimate of drug-likeness (QED) is 0.552. The van der Waals surface area contributed by atoms with E-state index < -0.39 is 19.6 Å². The second-order valence-electron chi connectivity index (χ2n) is 4.43. The Morgan fingerprint density at radius 2 is 2.11 bits per heavy atom. The van der Waals surface area contributed by atoms with Crippen LogP contribution in [0.4, 0.5) is 0 Å². The van der Waals surface area contributed by atoms with Gasteiger partial charge in [0.25, 0.3) is 0 Å². The first-order chi connectivity index (χ1) is 8.78. The van der Waals surface area contributed by atoms with Crippen molar-refractivity contribution in [1.29, 1.82) is 0 Å². The Morgan fingerprint density at radius 3 is 2.63 bits per heavy atom. The van der Waals surface area contributed by atoms with Crippen LogP contribution in [0.5, 0.6) is 0 Å². The van der Waals surface area contributed by atoms with Crippen LogP contribution in [0.1, 0.15) is 11.1 Å². The molecule has 0 amide bonds. The first kappa shape index (κ1) is 15.9. The van der Waals surface area contributed by atoms with Gasteiger partial charge in [-0.1, -0.05) is 29.8 Å². The van der Waals surface area contributed by atoms with E-state index in [9.17, 15) is 9.36 Å². The predicted octanol–water partition coefficient (Wildman–Crippen LogP) is 0.758. The first-order valence-corrected chi connectivity index (χ1v) is 7.64. The minimum Gasteiger partial charge on any atom is -0.480 e. The summed E-state index contributed by atoms with van der Waals surface area (Å²) in [6.45, 7) is 1.88. The molecule has 0 aromatic heterocycles. The van der Waals surface area contributed by atoms with Gasteiger partial charge in [0.1, 0.15) is 6.04 Å². The van der Waals surface area contributed by atoms with Crippen LogP contribution in [0, 0.1) is 6.92 Å². The summed E-state index contributed by atoms with van der Waals surface area (Å²) in [5.74, 6) is -1.03. The van der Waals surface area contributed by atoms with Crippen molar-refractivity contribution in [3.63, 3.8) is 0 Å². The van der Waals surface area contributed by atoms with Gasteiger partial charge in [-0.25, -0.2) is 0 Å². The molecule has 1 atom stereocenters. The molecular weight excluding hydrogens is 269 g/mol. The van der Waals surface area contributed by atoms with Gasteiger partial charge in [0.05, 0.1) is 6.16 Å². The molecule has 0 aliphatic carbocycles. The SMILES string of the molecule is Cc1cccc(C[C@H](NCCP(=O)(O)O)C(=O)O)c1. The van der Waals surface area contributed by atoms with Crippen molar-refractivity contribution in [3.05, 3.63) is 35.4 Å². The minimum atomic E-state index is -4.10. The highest BCUT2D eigenvalue weighted by Crippen LogP contribution is 2.32. The van der Waals surface area contributed by atoms with Crippen molar-refractivity contribution in [2.75, 3.05) is 12.7 Å². The van der Waals surface area contributed by atoms with Crippen LogP contribution >= 0.6 is 7.60 Å². The highest BCUT2D eigenvalue weighted by molar-refractivity contribution is 7.51. The minimum absolute atomic E-state index is 0.0347. The number of hydrogen-bond acceptors (Lipinski definition) is 3. The van der Waals surface area contributed by atoms with Crippen LogP contribution in [-0.2, 0) is 15.8 Å². The average Bonchev–Trinajstić information content (AvgIpc) is 2.26. The van der Waals surface area contributed by atoms with E-state index in [2.05, 4.69) is 5.32 Å². The Hall–Kier alpha value is -1.20. The fourth-order valence-electron chi connectivity index (χ4n) is 1.71. The summed E-state index contributed by atoms with van der Waals surface area (Å²) >= 11 is 0. The maximum absolute atomic E-state index is 11.1. The van der Waals surface area contributed by atoms with Crippen molar-refractivity contribution in [2.45, 2.75) is 19.4 Å². The molecular formula is C12H18NO5P. The standard InChI is InChI=1S/C12H18NO5P/c1-9-3-2-4-10(7-9)8-11(12(14)15)13-5-6-19(16,17)18/h2-4,7,11,13H,5-6,8H2,1H3,(H,14,15)(H2,16,17,18)/t11-/m0/s1. The number of hydrogen-bond donors (Lipinski definition) is 4. The molecule has 1 aromatic rings. The zero-order valence-corrected chi connectivity index (χ0v) is 11.5. The zero-order valence-electron chi connectivity index (χ0n) is 10.6. The summed E-state index contributed by atoms with van der Waals surface area (Å²) in [5.41, 5.74) is 1.91. The van der Waals surface area contributed by atoms with Crippen molar-refractivity contribution < 1.29 is 24.3 Å². The van der Waals surface area contributed by atoms with Crippen molar-refractivity contribution in [3.8, 4) is 0 Å². The van der Waals surface area contributed by atoms with Gasteiger partial charge in [-0.05, 0) is 18.9 Å². The van der Waals surface area contributed by atoms with Gasteiger partial charge in [0.15, 0.2) is 0 Å². The number of carboxylic acids is 1. The molecule has 19 heavy (non-hydrogen) atoms. The summed E-state index contributed by atoms with van der Waals surface area (Å²) in [4.78, 5) is 28.5. The number of rotatable bonds is 7. The molecule has 7 heteroatoms. The van der Waals surface area contributed by atoms with Gasteiger partial charge in [0.2, 0.25) is 0 Å². The van der Waals surface area contributed by atoms with E-state index in [1.807, 2.05) is 31.2 Å². The highest BCUT2D eigenvalue weighted by Gasteiger charge is 2.19. The summed E-state index contributed by atoms with van der Waals surface area (Å²) in [5, 5.41) is 11.7. The third-order valence-electron chi connectivity index (χ3n) is 2.61. The summed E-state index contributed by atoms with van der Waals surface area (Å²) in [6.07, 6.45) is -0.0945. The summed E-state index contributed by atoms with van der Waals surface area (Å²) in [7, 11) is -4.10. The Bertz CT molecular complexity index is 485. The number of nitrogens with one attached hydrogen (secondary N) is 1. The van der Waals surface area contributed by atoms with Crippen LogP contribution in [0.15, 0.2) is 24.3 Å². The molecule has 0 spiro atoms. The van der Waals surface area contributed by atoms with Crippen molar-refractivity contribution in [2.24, 2.45) is 0 Å². The molecule has 4 N–H and O–H groups in total. The van der Waals surface area contributed by atoms with Gasteiger partial charge in [-0.3, -0.25) is 9.36 Å². The van der Waals surface area contributed by atoms with Crippen LogP contribution in [0.2, 0.25) is 0 Å². The van der Waals surface area contributed by atoms with Gasteiger partial charge in [0, 0.05) is 6.54 Å². The number of carboxylic acid groups (broad SMARTS) is 1. The van der Waals surface area contributed by atoms with Crippen LogP contribution in [0.25, 0.3) is 0 Å². The molecule has 0 bridgehead atoms. The van der Waals surface area contributed by atoms with E-state index in [0.717, 1.165) is 11.1 Å². The molecule has 0 fully saturated rings. The molecule has 106 valence electrons. The summed E-state index contributed by atoms with van der Waals surface area (Å²) in [6, 6.07) is 6.63. The van der Waals surface area contributed by atoms with Gasteiger partial charge in [-0.2, -0.15) is 0 Å². The van der Waals surface area contributed by atoms with Crippen molar-refractivity contribution >= 4 is 13.6 Å². The lowest BCUT2D eigenvalue weighted by Gasteiger charge is -2.15. The molecule has 6 nitrogen and oxygen atoms in total. The third kappa shape index (κ3) is 6.50. The molecule has 1 rings (SSSR count). The van der Waals surface area contributed by atoms with Gasteiger partial charge < -0.3 is 20.2 Å². The number of carbonyl (C=O) groups is 1. The lowest BCUT2D eigenvalue weighted by Crippen LogP contribution is -2.40. The van der Waals surface area contributed by atoms with Crippen LogP contribution < -0.4 is 5.32 Å². The normalized spacial score (nSPS) is 13.2. The molecule has 1 aromatic carbocycles. The monoisotopic (exact) mass is 287 g/mol. The van der Waals surface area contributed by atoms with E-state index in [1.165, 1.54) is 0 Å². The Kier molecular flexibility index (Phi) is 5.69. The maximum atomic E-state index is 11.1. The molecule has 0 saturated carbocycles. The van der Waals surface area contributed by atoms with Gasteiger partial charge >= 0.3 is 13.6 Å². The number of aryl methyl sites for hydroxylation is 1. The molecule has 0 unspecified atom stereocenters. The highest BCUT2D eigenvalue weighted by atomic mass is 31.2. The molecule has 0 aliphatic rings. The van der Waals surface area contributed by atoms with E-state index in [-0.39, 0.29) is 19.1 Å². The van der Waals surface area contributed by atoms with E-state index in [0.29, 0.717) is 0 Å². The Balaban J connectivity index is 2.58. The molecule has 0 saturated heterocycles. The zero-order chi connectivity index (χ0) is 14.5. The number of aliphatic carboxylic acids is 1. The largest absolute Gasteiger partial charge is 0.480 e. The fraction of sp³-hybridized carbons (Fsp3) is 0.417. The Labute approximate surface area is 111 Å². The third-order valence-corrected chi connectivity index (χ3v) is 3.42. The lowest BCUT2D eigenvalue weighted by atomic mass is 10.0. The first-order valence-electron chi connectivity index (χ1n) is 5.84. The topological polar surface area (TPSA) is 107 Å². The van der Waals surface area contributed by atoms with E-state index in [1.54, 1.807) is 0 Å². The molecule has 0 radical (unpaired) electrons. The fourth-order valence-corrected chi connectivity index (χ4v) is 2.13. The van der Waals surface area contributed by atoms with E-state index >= 15 is 0 Å². The molecule has 0 heterocycles. The van der Waals surface area contributed by atoms with E-state index in [4.69, 9.17) is 14.9 Å². The van der Waals surface area contributed by atoms with Crippen LogP contribution in [-0.4, -0.2) is 39.6 Å². The Morgan fingerprint density at radius 1 is 1.42 bits per heavy atom. The summed E-state index contributed by atoms with van der Waals surface area (Å²) < 4.78 is 10.7. The lowest BCUT2D eigenvalue weighted by molar-refractivity contribution is -0.139. The second kappa shape index (κ2) is 6.82. The van der Waals surface area contributed by atoms with Crippen molar-refractivity contribution in [1.82, 2.24) is 5.32 Å². The average molecular weight is 287 g/mol. The van der Waals surface area contributed by atoms with Crippen LogP contribution in [0.3, 0.4) is 0 Å². The molecule has 0 aliphatic heterocycles. The smallest absolute Gasteiger partial charge is 0.326 e.